The van der Waals surface area contributed by atoms with Gasteiger partial charge in [0, 0.05) is 12.3 Å². The van der Waals surface area contributed by atoms with Crippen LogP contribution in [-0.4, -0.2) is 14.7 Å². The Bertz CT molecular complexity index is 598. The molecule has 0 saturated carbocycles. The maximum absolute atomic E-state index is 11.4. The van der Waals surface area contributed by atoms with Gasteiger partial charge in [-0.05, 0) is 12.1 Å². The van der Waals surface area contributed by atoms with Crippen LogP contribution in [0.1, 0.15) is 0 Å². The average molecular weight is 204 g/mol. The summed E-state index contributed by atoms with van der Waals surface area (Å²) in [4.78, 5) is 24.3. The molecule has 1 aromatic carbocycles. The highest BCUT2D eigenvalue weighted by molar-refractivity contribution is 5.44. The molecule has 0 aliphatic rings. The number of aromatic hydroxyl groups is 1. The number of aromatic amines is 1. The Balaban J connectivity index is 2.70. The highest BCUT2D eigenvalue weighted by Crippen LogP contribution is 2.17. The number of hydrogen-bond donors (Lipinski definition) is 2. The summed E-state index contributed by atoms with van der Waals surface area (Å²) in [7, 11) is 0. The van der Waals surface area contributed by atoms with Gasteiger partial charge in [0.15, 0.2) is 0 Å². The van der Waals surface area contributed by atoms with Gasteiger partial charge in [-0.25, -0.2) is 4.79 Å². The first-order chi connectivity index (χ1) is 7.18. The minimum Gasteiger partial charge on any atom is -0.506 e. The molecule has 2 N–H and O–H groups in total. The smallest absolute Gasteiger partial charge is 0.333 e. The summed E-state index contributed by atoms with van der Waals surface area (Å²) in [5.74, 6) is -0.0216. The van der Waals surface area contributed by atoms with Crippen LogP contribution in [-0.2, 0) is 0 Å². The highest BCUT2D eigenvalue weighted by atomic mass is 16.3. The molecule has 0 atom stereocenters. The van der Waals surface area contributed by atoms with Gasteiger partial charge >= 0.3 is 5.69 Å². The van der Waals surface area contributed by atoms with Gasteiger partial charge in [-0.15, -0.1) is 0 Å². The summed E-state index contributed by atoms with van der Waals surface area (Å²) in [6.07, 6.45) is 1.32. The third-order valence-electron chi connectivity index (χ3n) is 1.97. The Morgan fingerprint density at radius 1 is 1.13 bits per heavy atom. The molecule has 1 aromatic heterocycles. The first-order valence-corrected chi connectivity index (χ1v) is 4.29. The minimum atomic E-state index is -0.580. The fourth-order valence-electron chi connectivity index (χ4n) is 1.27. The lowest BCUT2D eigenvalue weighted by molar-refractivity contribution is 0.471. The zero-order chi connectivity index (χ0) is 10.8. The van der Waals surface area contributed by atoms with E-state index in [1.807, 2.05) is 0 Å². The second-order valence-corrected chi connectivity index (χ2v) is 2.97. The summed E-state index contributed by atoms with van der Waals surface area (Å²) in [5.41, 5.74) is -0.713. The second kappa shape index (κ2) is 3.45. The number of phenols is 1. The topological polar surface area (TPSA) is 75.1 Å². The van der Waals surface area contributed by atoms with Gasteiger partial charge < -0.3 is 5.11 Å². The quantitative estimate of drug-likeness (QED) is 0.698. The van der Waals surface area contributed by atoms with Crippen LogP contribution in [0.25, 0.3) is 5.69 Å². The fraction of sp³-hybridized carbons (Fsp3) is 0. The first-order valence-electron chi connectivity index (χ1n) is 4.29. The van der Waals surface area contributed by atoms with E-state index < -0.39 is 11.2 Å². The van der Waals surface area contributed by atoms with Gasteiger partial charge in [0.2, 0.25) is 0 Å². The first kappa shape index (κ1) is 9.26. The lowest BCUT2D eigenvalue weighted by Crippen LogP contribution is -2.27. The van der Waals surface area contributed by atoms with E-state index in [0.717, 1.165) is 4.57 Å². The number of para-hydroxylation sites is 2. The number of H-pyrrole nitrogens is 1. The average Bonchev–Trinajstić information content (AvgIpc) is 2.20. The third-order valence-corrected chi connectivity index (χ3v) is 1.97. The van der Waals surface area contributed by atoms with Crippen molar-refractivity contribution in [2.24, 2.45) is 0 Å². The summed E-state index contributed by atoms with van der Waals surface area (Å²) in [6, 6.07) is 7.60. The SMILES string of the molecule is O=c1ccn(-c2ccccc2O)c(=O)[nH]1. The number of nitrogens with one attached hydrogen (secondary N) is 1. The van der Waals surface area contributed by atoms with Crippen molar-refractivity contribution in [3.05, 3.63) is 57.4 Å². The summed E-state index contributed by atoms with van der Waals surface area (Å²) in [5, 5.41) is 9.51. The Morgan fingerprint density at radius 2 is 1.87 bits per heavy atom. The van der Waals surface area contributed by atoms with E-state index in [9.17, 15) is 14.7 Å². The van der Waals surface area contributed by atoms with E-state index in [1.54, 1.807) is 18.2 Å². The molecule has 1 heterocycles. The van der Waals surface area contributed by atoms with Crippen LogP contribution in [0.15, 0.2) is 46.1 Å². The molecule has 0 saturated heterocycles. The van der Waals surface area contributed by atoms with Crippen molar-refractivity contribution in [1.82, 2.24) is 9.55 Å². The minimum absolute atomic E-state index is 0.0216. The Morgan fingerprint density at radius 3 is 2.53 bits per heavy atom. The van der Waals surface area contributed by atoms with Crippen molar-refractivity contribution >= 4 is 0 Å². The number of benzene rings is 1. The van der Waals surface area contributed by atoms with Gasteiger partial charge in [-0.1, -0.05) is 12.1 Å². The third kappa shape index (κ3) is 1.67. The van der Waals surface area contributed by atoms with E-state index >= 15 is 0 Å². The van der Waals surface area contributed by atoms with Crippen molar-refractivity contribution in [3.8, 4) is 11.4 Å². The molecule has 15 heavy (non-hydrogen) atoms. The molecule has 2 aromatic rings. The molecule has 0 aliphatic carbocycles. The van der Waals surface area contributed by atoms with Crippen LogP contribution >= 0.6 is 0 Å². The van der Waals surface area contributed by atoms with Crippen LogP contribution in [0.3, 0.4) is 0 Å². The summed E-state index contributed by atoms with van der Waals surface area (Å²) >= 11 is 0. The lowest BCUT2D eigenvalue weighted by Gasteiger charge is -2.05. The Kier molecular flexibility index (Phi) is 2.13. The summed E-state index contributed by atoms with van der Waals surface area (Å²) in [6.45, 7) is 0. The fourth-order valence-corrected chi connectivity index (χ4v) is 1.27. The number of nitrogens with zero attached hydrogens (tertiary/aromatic N) is 1. The van der Waals surface area contributed by atoms with Gasteiger partial charge in [-0.2, -0.15) is 0 Å². The molecule has 5 heteroatoms. The van der Waals surface area contributed by atoms with Gasteiger partial charge in [0.25, 0.3) is 5.56 Å². The molecule has 0 radical (unpaired) electrons. The van der Waals surface area contributed by atoms with Crippen LogP contribution in [0.4, 0.5) is 0 Å². The van der Waals surface area contributed by atoms with Crippen LogP contribution in [0.5, 0.6) is 5.75 Å². The Labute approximate surface area is 84.3 Å². The normalized spacial score (nSPS) is 10.1. The molecule has 2 rings (SSSR count). The predicted molar refractivity (Wildman–Crippen MR) is 54.3 cm³/mol. The van der Waals surface area contributed by atoms with E-state index in [1.165, 1.54) is 18.3 Å². The van der Waals surface area contributed by atoms with E-state index in [-0.39, 0.29) is 5.75 Å². The van der Waals surface area contributed by atoms with Gasteiger partial charge in [0.05, 0.1) is 5.69 Å². The van der Waals surface area contributed by atoms with E-state index in [0.29, 0.717) is 5.69 Å². The van der Waals surface area contributed by atoms with Crippen molar-refractivity contribution in [3.63, 3.8) is 0 Å². The molecule has 0 spiro atoms. The largest absolute Gasteiger partial charge is 0.506 e. The van der Waals surface area contributed by atoms with Gasteiger partial charge in [-0.3, -0.25) is 14.3 Å². The molecule has 76 valence electrons. The molecule has 0 amide bonds. The van der Waals surface area contributed by atoms with E-state index in [4.69, 9.17) is 0 Å². The van der Waals surface area contributed by atoms with Crippen molar-refractivity contribution < 1.29 is 5.11 Å². The molecular weight excluding hydrogens is 196 g/mol. The standard InChI is InChI=1S/C10H8N2O3/c13-8-4-2-1-3-7(8)12-6-5-9(14)11-10(12)15/h1-6,13H,(H,11,14,15). The van der Waals surface area contributed by atoms with Crippen LogP contribution in [0.2, 0.25) is 0 Å². The van der Waals surface area contributed by atoms with E-state index in [2.05, 4.69) is 4.98 Å². The molecule has 5 nitrogen and oxygen atoms in total. The second-order valence-electron chi connectivity index (χ2n) is 2.97. The number of phenolic OH excluding ortho intramolecular Hbond substituents is 1. The monoisotopic (exact) mass is 204 g/mol. The predicted octanol–water partition coefficient (Wildman–Crippen LogP) is 0.231. The lowest BCUT2D eigenvalue weighted by atomic mass is 10.3. The molecule has 0 unspecified atom stereocenters. The van der Waals surface area contributed by atoms with Gasteiger partial charge in [0.1, 0.15) is 5.75 Å². The zero-order valence-electron chi connectivity index (χ0n) is 7.68. The molecule has 0 aliphatic heterocycles. The molecule has 0 fully saturated rings. The maximum atomic E-state index is 11.4. The van der Waals surface area contributed by atoms with Crippen LogP contribution in [0, 0.1) is 0 Å². The summed E-state index contributed by atoms with van der Waals surface area (Å²) < 4.78 is 1.16. The molecule has 0 bridgehead atoms. The van der Waals surface area contributed by atoms with Crippen molar-refractivity contribution in [2.75, 3.05) is 0 Å². The Hall–Kier alpha value is -2.30. The maximum Gasteiger partial charge on any atom is 0.333 e. The number of rotatable bonds is 1. The van der Waals surface area contributed by atoms with Crippen LogP contribution < -0.4 is 11.2 Å². The molecular formula is C10H8N2O3. The highest BCUT2D eigenvalue weighted by Gasteiger charge is 2.03. The van der Waals surface area contributed by atoms with Crippen molar-refractivity contribution in [2.45, 2.75) is 0 Å². The number of aromatic nitrogens is 2. The number of hydrogen-bond acceptors (Lipinski definition) is 3. The zero-order valence-corrected chi connectivity index (χ0v) is 7.68. The van der Waals surface area contributed by atoms with Crippen molar-refractivity contribution in [1.29, 1.82) is 0 Å².